The molecule has 0 unspecified atom stereocenters. The fourth-order valence-corrected chi connectivity index (χ4v) is 6.00. The molecule has 0 saturated carbocycles. The number of sulfonamides is 1. The molecule has 1 atom stereocenters. The number of nitrogens with one attached hydrogen (secondary N) is 1. The molecule has 11 heteroatoms. The van der Waals surface area contributed by atoms with Gasteiger partial charge in [-0.1, -0.05) is 72.3 Å². The summed E-state index contributed by atoms with van der Waals surface area (Å²) in [6.07, 6.45) is 0.126. The Morgan fingerprint density at radius 3 is 2.07 bits per heavy atom. The number of amides is 2. The molecule has 218 valence electrons. The van der Waals surface area contributed by atoms with E-state index in [-0.39, 0.29) is 28.6 Å². The van der Waals surface area contributed by atoms with Gasteiger partial charge in [-0.15, -0.1) is 0 Å². The van der Waals surface area contributed by atoms with Crippen molar-refractivity contribution in [2.75, 3.05) is 17.9 Å². The van der Waals surface area contributed by atoms with Crippen molar-refractivity contribution in [1.82, 2.24) is 10.2 Å². The molecule has 4 rings (SSSR count). The number of likely N-dealkylation sites (N-methyl/N-ethyl adjacent to an activating group) is 1. The van der Waals surface area contributed by atoms with Crippen LogP contribution in [0.3, 0.4) is 0 Å². The second-order valence-electron chi connectivity index (χ2n) is 9.39. The maximum atomic E-state index is 14.1. The molecule has 0 aliphatic carbocycles. The summed E-state index contributed by atoms with van der Waals surface area (Å²) in [5.41, 5.74) is 1.25. The van der Waals surface area contributed by atoms with Gasteiger partial charge in [0.15, 0.2) is 0 Å². The summed E-state index contributed by atoms with van der Waals surface area (Å²) in [4.78, 5) is 28.5. The molecule has 0 fully saturated rings. The first kappa shape index (κ1) is 30.7. The molecule has 4 aromatic carbocycles. The van der Waals surface area contributed by atoms with Crippen molar-refractivity contribution in [1.29, 1.82) is 0 Å². The molecule has 7 nitrogen and oxygen atoms in total. The number of anilines is 1. The molecule has 0 bridgehead atoms. The van der Waals surface area contributed by atoms with Gasteiger partial charge in [0.25, 0.3) is 10.0 Å². The third-order valence-corrected chi connectivity index (χ3v) is 8.66. The molecule has 0 aromatic heterocycles. The summed E-state index contributed by atoms with van der Waals surface area (Å²) in [6.45, 7) is -0.851. The van der Waals surface area contributed by atoms with E-state index in [2.05, 4.69) is 5.32 Å². The fraction of sp³-hybridized carbons (Fsp3) is 0.161. The Kier molecular flexibility index (Phi) is 9.92. The highest BCUT2D eigenvalue weighted by Gasteiger charge is 2.34. The molecule has 0 spiro atoms. The number of hydrogen-bond donors (Lipinski definition) is 1. The standard InChI is InChI=1S/C31H28ClF2N3O4S/c1-35-31(39)29(18-22-8-4-2-5-9-22)36(20-23-12-14-24(33)15-13-23)30(38)21-37(25-16-17-28(34)27(32)19-25)42(40,41)26-10-6-3-7-11-26/h2-17,19,29H,18,20-21H2,1H3,(H,35,39)/t29-/m1/s1. The number of carbonyl (C=O) groups is 2. The second kappa shape index (κ2) is 13.6. The molecule has 0 aliphatic heterocycles. The summed E-state index contributed by atoms with van der Waals surface area (Å²) >= 11 is 6.00. The molecule has 42 heavy (non-hydrogen) atoms. The molecule has 1 N–H and O–H groups in total. The second-order valence-corrected chi connectivity index (χ2v) is 11.7. The van der Waals surface area contributed by atoms with Crippen molar-refractivity contribution in [3.05, 3.63) is 131 Å². The van der Waals surface area contributed by atoms with Crippen molar-refractivity contribution < 1.29 is 26.8 Å². The topological polar surface area (TPSA) is 86.8 Å². The van der Waals surface area contributed by atoms with Crippen molar-refractivity contribution in [2.45, 2.75) is 23.9 Å². The van der Waals surface area contributed by atoms with Crippen LogP contribution in [0.1, 0.15) is 11.1 Å². The molecule has 4 aromatic rings. The smallest absolute Gasteiger partial charge is 0.264 e. The number of rotatable bonds is 11. The molecular formula is C31H28ClF2N3O4S. The number of nitrogens with zero attached hydrogens (tertiary/aromatic N) is 2. The van der Waals surface area contributed by atoms with Gasteiger partial charge in [0.1, 0.15) is 24.2 Å². The molecule has 2 amide bonds. The minimum absolute atomic E-state index is 0.0418. The van der Waals surface area contributed by atoms with E-state index >= 15 is 0 Å². The van der Waals surface area contributed by atoms with Gasteiger partial charge in [-0.2, -0.15) is 0 Å². The lowest BCUT2D eigenvalue weighted by Gasteiger charge is -2.33. The van der Waals surface area contributed by atoms with Gasteiger partial charge in [-0.25, -0.2) is 17.2 Å². The highest BCUT2D eigenvalue weighted by molar-refractivity contribution is 7.92. The van der Waals surface area contributed by atoms with Gasteiger partial charge < -0.3 is 10.2 Å². The van der Waals surface area contributed by atoms with Crippen LogP contribution in [0.4, 0.5) is 14.5 Å². The van der Waals surface area contributed by atoms with Crippen LogP contribution in [0.2, 0.25) is 5.02 Å². The third-order valence-electron chi connectivity index (χ3n) is 6.58. The van der Waals surface area contributed by atoms with E-state index in [1.165, 1.54) is 66.5 Å². The number of halogens is 3. The Bertz CT molecular complexity index is 1640. The summed E-state index contributed by atoms with van der Waals surface area (Å²) in [5, 5.41) is 2.26. The maximum absolute atomic E-state index is 14.1. The van der Waals surface area contributed by atoms with Gasteiger partial charge in [0.05, 0.1) is 15.6 Å². The Hall–Kier alpha value is -4.28. The van der Waals surface area contributed by atoms with E-state index in [0.29, 0.717) is 5.56 Å². The Labute approximate surface area is 248 Å². The monoisotopic (exact) mass is 611 g/mol. The van der Waals surface area contributed by atoms with Crippen LogP contribution in [0.25, 0.3) is 0 Å². The number of carbonyl (C=O) groups excluding carboxylic acids is 2. The zero-order chi connectivity index (χ0) is 30.3. The summed E-state index contributed by atoms with van der Waals surface area (Å²) in [7, 11) is -2.91. The SMILES string of the molecule is CNC(=O)[C@@H](Cc1ccccc1)N(Cc1ccc(F)cc1)C(=O)CN(c1ccc(F)c(Cl)c1)S(=O)(=O)c1ccccc1. The number of benzene rings is 4. The van der Waals surface area contributed by atoms with E-state index < -0.39 is 46.1 Å². The lowest BCUT2D eigenvalue weighted by Crippen LogP contribution is -2.53. The van der Waals surface area contributed by atoms with Gasteiger partial charge >= 0.3 is 0 Å². The van der Waals surface area contributed by atoms with Gasteiger partial charge in [0.2, 0.25) is 11.8 Å². The highest BCUT2D eigenvalue weighted by atomic mass is 35.5. The van der Waals surface area contributed by atoms with Gasteiger partial charge in [-0.05, 0) is 53.6 Å². The van der Waals surface area contributed by atoms with Crippen LogP contribution >= 0.6 is 11.6 Å². The average Bonchev–Trinajstić information content (AvgIpc) is 3.00. The number of hydrogen-bond acceptors (Lipinski definition) is 4. The van der Waals surface area contributed by atoms with Crippen molar-refractivity contribution >= 4 is 39.1 Å². The van der Waals surface area contributed by atoms with E-state index in [0.717, 1.165) is 22.0 Å². The first-order valence-electron chi connectivity index (χ1n) is 12.9. The van der Waals surface area contributed by atoms with Crippen molar-refractivity contribution in [3.63, 3.8) is 0 Å². The van der Waals surface area contributed by atoms with Gasteiger partial charge in [0, 0.05) is 20.0 Å². The summed E-state index contributed by atoms with van der Waals surface area (Å²) < 4.78 is 56.2. The van der Waals surface area contributed by atoms with Crippen LogP contribution in [0, 0.1) is 11.6 Å². The quantitative estimate of drug-likeness (QED) is 0.253. The lowest BCUT2D eigenvalue weighted by molar-refractivity contribution is -0.139. The third kappa shape index (κ3) is 7.32. The maximum Gasteiger partial charge on any atom is 0.264 e. The van der Waals surface area contributed by atoms with Crippen molar-refractivity contribution in [2.24, 2.45) is 0 Å². The Balaban J connectivity index is 1.79. The zero-order valence-electron chi connectivity index (χ0n) is 22.6. The Morgan fingerprint density at radius 1 is 0.857 bits per heavy atom. The molecule has 0 saturated heterocycles. The van der Waals surface area contributed by atoms with Crippen LogP contribution in [-0.4, -0.2) is 44.8 Å². The minimum atomic E-state index is -4.35. The molecule has 0 heterocycles. The van der Waals surface area contributed by atoms with Crippen molar-refractivity contribution in [3.8, 4) is 0 Å². The van der Waals surface area contributed by atoms with E-state index in [9.17, 15) is 26.8 Å². The summed E-state index contributed by atoms with van der Waals surface area (Å²) in [6, 6.07) is 24.2. The fourth-order valence-electron chi connectivity index (χ4n) is 4.40. The van der Waals surface area contributed by atoms with Crippen LogP contribution in [0.5, 0.6) is 0 Å². The summed E-state index contributed by atoms with van der Waals surface area (Å²) in [5.74, 6) is -2.43. The van der Waals surface area contributed by atoms with E-state index in [1.807, 2.05) is 18.2 Å². The minimum Gasteiger partial charge on any atom is -0.357 e. The first-order valence-corrected chi connectivity index (χ1v) is 14.7. The predicted octanol–water partition coefficient (Wildman–Crippen LogP) is 5.20. The normalized spacial score (nSPS) is 11.9. The Morgan fingerprint density at radius 2 is 1.48 bits per heavy atom. The van der Waals surface area contributed by atoms with Gasteiger partial charge in [-0.3, -0.25) is 13.9 Å². The zero-order valence-corrected chi connectivity index (χ0v) is 24.2. The molecule has 0 radical (unpaired) electrons. The van der Waals surface area contributed by atoms with E-state index in [1.54, 1.807) is 18.2 Å². The molecule has 0 aliphatic rings. The van der Waals surface area contributed by atoms with Crippen LogP contribution < -0.4 is 9.62 Å². The lowest BCUT2D eigenvalue weighted by atomic mass is 10.0. The first-order chi connectivity index (χ1) is 20.1. The average molecular weight is 612 g/mol. The van der Waals surface area contributed by atoms with E-state index in [4.69, 9.17) is 11.6 Å². The highest BCUT2D eigenvalue weighted by Crippen LogP contribution is 2.28. The molecular weight excluding hydrogens is 584 g/mol. The van der Waals surface area contributed by atoms with Crippen LogP contribution in [0.15, 0.2) is 108 Å². The predicted molar refractivity (Wildman–Crippen MR) is 157 cm³/mol. The van der Waals surface area contributed by atoms with Crippen LogP contribution in [-0.2, 0) is 32.6 Å². The largest absolute Gasteiger partial charge is 0.357 e.